The van der Waals surface area contributed by atoms with Crippen molar-refractivity contribution in [3.63, 3.8) is 0 Å². The molecule has 0 aromatic heterocycles. The Morgan fingerprint density at radius 1 is 1.17 bits per heavy atom. The molecule has 0 aromatic carbocycles. The quantitative estimate of drug-likeness (QED) is 0.615. The van der Waals surface area contributed by atoms with Crippen molar-refractivity contribution >= 4 is 11.9 Å². The first-order valence-corrected chi connectivity index (χ1v) is 6.22. The zero-order valence-corrected chi connectivity index (χ0v) is 11.7. The number of aliphatic carboxylic acids is 1. The Morgan fingerprint density at radius 3 is 2.17 bits per heavy atom. The van der Waals surface area contributed by atoms with E-state index >= 15 is 0 Å². The number of aliphatic hydroxyl groups excluding tert-OH is 1. The Bertz CT molecular complexity index is 297. The van der Waals surface area contributed by atoms with E-state index in [0.717, 1.165) is 6.42 Å². The Morgan fingerprint density at radius 2 is 1.72 bits per heavy atom. The van der Waals surface area contributed by atoms with E-state index in [1.807, 2.05) is 13.8 Å². The third kappa shape index (κ3) is 6.59. The predicted molar refractivity (Wildman–Crippen MR) is 69.1 cm³/mol. The molecule has 18 heavy (non-hydrogen) atoms. The van der Waals surface area contributed by atoms with Gasteiger partial charge in [0.05, 0.1) is 5.41 Å². The number of amides is 1. The molecule has 0 radical (unpaired) electrons. The molecule has 0 bridgehead atoms. The number of hydrogen-bond donors (Lipinski definition) is 3. The second-order valence-corrected chi connectivity index (χ2v) is 6.13. The van der Waals surface area contributed by atoms with Gasteiger partial charge in [-0.1, -0.05) is 13.8 Å². The van der Waals surface area contributed by atoms with Crippen LogP contribution in [-0.2, 0) is 9.59 Å². The molecule has 0 atom stereocenters. The van der Waals surface area contributed by atoms with Gasteiger partial charge in [-0.15, -0.1) is 0 Å². The average Bonchev–Trinajstić information content (AvgIpc) is 2.23. The molecule has 0 aliphatic rings. The fraction of sp³-hybridized carbons (Fsp3) is 0.846. The predicted octanol–water partition coefficient (Wildman–Crippen LogP) is 1.40. The van der Waals surface area contributed by atoms with Gasteiger partial charge in [-0.3, -0.25) is 9.59 Å². The highest BCUT2D eigenvalue weighted by Crippen LogP contribution is 2.22. The molecule has 0 unspecified atom stereocenters. The van der Waals surface area contributed by atoms with Crippen molar-refractivity contribution in [3.05, 3.63) is 0 Å². The van der Waals surface area contributed by atoms with Gasteiger partial charge >= 0.3 is 5.97 Å². The molecule has 0 aromatic rings. The number of carbonyl (C=O) groups excluding carboxylic acids is 1. The van der Waals surface area contributed by atoms with Gasteiger partial charge < -0.3 is 15.5 Å². The smallest absolute Gasteiger partial charge is 0.309 e. The van der Waals surface area contributed by atoms with Crippen molar-refractivity contribution in [2.24, 2.45) is 10.8 Å². The van der Waals surface area contributed by atoms with E-state index in [-0.39, 0.29) is 24.3 Å². The zero-order valence-electron chi connectivity index (χ0n) is 11.7. The van der Waals surface area contributed by atoms with Crippen molar-refractivity contribution in [2.45, 2.75) is 47.0 Å². The highest BCUT2D eigenvalue weighted by Gasteiger charge is 2.30. The molecule has 0 aliphatic carbocycles. The summed E-state index contributed by atoms with van der Waals surface area (Å²) in [4.78, 5) is 22.6. The Kier molecular flexibility index (Phi) is 6.32. The van der Waals surface area contributed by atoms with Gasteiger partial charge in [0.1, 0.15) is 0 Å². The number of nitrogens with one attached hydrogen (secondary N) is 1. The topological polar surface area (TPSA) is 86.6 Å². The summed E-state index contributed by atoms with van der Waals surface area (Å²) in [6.45, 7) is 7.71. The van der Waals surface area contributed by atoms with Crippen LogP contribution < -0.4 is 5.32 Å². The average molecular weight is 259 g/mol. The summed E-state index contributed by atoms with van der Waals surface area (Å²) in [5.74, 6) is -1.23. The van der Waals surface area contributed by atoms with Crippen LogP contribution >= 0.6 is 0 Å². The maximum absolute atomic E-state index is 11.7. The molecular formula is C13H25NO4. The molecular weight excluding hydrogens is 234 g/mol. The van der Waals surface area contributed by atoms with Crippen molar-refractivity contribution in [1.82, 2.24) is 5.32 Å². The van der Waals surface area contributed by atoms with Crippen LogP contribution in [0.1, 0.15) is 47.0 Å². The van der Waals surface area contributed by atoms with Crippen LogP contribution in [0.4, 0.5) is 0 Å². The summed E-state index contributed by atoms with van der Waals surface area (Å²) >= 11 is 0. The van der Waals surface area contributed by atoms with E-state index in [1.165, 1.54) is 13.8 Å². The third-order valence-electron chi connectivity index (χ3n) is 2.96. The molecule has 0 heterocycles. The second-order valence-electron chi connectivity index (χ2n) is 6.13. The van der Waals surface area contributed by atoms with Crippen molar-refractivity contribution in [3.8, 4) is 0 Å². The summed E-state index contributed by atoms with van der Waals surface area (Å²) in [6.07, 6.45) is 1.48. The van der Waals surface area contributed by atoms with Crippen LogP contribution in [0.5, 0.6) is 0 Å². The van der Waals surface area contributed by atoms with Gasteiger partial charge in [-0.25, -0.2) is 0 Å². The maximum Gasteiger partial charge on any atom is 0.309 e. The maximum atomic E-state index is 11.7. The molecule has 0 rings (SSSR count). The molecule has 5 heteroatoms. The fourth-order valence-corrected chi connectivity index (χ4v) is 1.52. The van der Waals surface area contributed by atoms with E-state index < -0.39 is 11.4 Å². The lowest BCUT2D eigenvalue weighted by atomic mass is 9.86. The van der Waals surface area contributed by atoms with E-state index in [2.05, 4.69) is 5.32 Å². The lowest BCUT2D eigenvalue weighted by Crippen LogP contribution is -2.38. The molecule has 0 saturated heterocycles. The van der Waals surface area contributed by atoms with Crippen molar-refractivity contribution in [2.75, 3.05) is 13.2 Å². The molecule has 0 aliphatic heterocycles. The Balaban J connectivity index is 4.15. The minimum atomic E-state index is -1.04. The fourth-order valence-electron chi connectivity index (χ4n) is 1.52. The monoisotopic (exact) mass is 259 g/mol. The van der Waals surface area contributed by atoms with Gasteiger partial charge in [0.2, 0.25) is 5.91 Å². The summed E-state index contributed by atoms with van der Waals surface area (Å²) in [5, 5.41) is 20.5. The van der Waals surface area contributed by atoms with Crippen LogP contribution in [0.15, 0.2) is 0 Å². The largest absolute Gasteiger partial charge is 0.481 e. The number of hydrogen-bond acceptors (Lipinski definition) is 3. The van der Waals surface area contributed by atoms with Crippen molar-refractivity contribution in [1.29, 1.82) is 0 Å². The first-order chi connectivity index (χ1) is 8.10. The van der Waals surface area contributed by atoms with Gasteiger partial charge in [0.15, 0.2) is 0 Å². The normalized spacial score (nSPS) is 12.3. The van der Waals surface area contributed by atoms with E-state index in [9.17, 15) is 9.59 Å². The molecule has 0 saturated carbocycles. The van der Waals surface area contributed by atoms with Gasteiger partial charge in [0.25, 0.3) is 0 Å². The molecule has 106 valence electrons. The first kappa shape index (κ1) is 16.9. The highest BCUT2D eigenvalue weighted by molar-refractivity contribution is 5.84. The van der Waals surface area contributed by atoms with Crippen LogP contribution in [0.2, 0.25) is 0 Å². The third-order valence-corrected chi connectivity index (χ3v) is 2.96. The lowest BCUT2D eigenvalue weighted by Gasteiger charge is -2.26. The highest BCUT2D eigenvalue weighted by atomic mass is 16.4. The van der Waals surface area contributed by atoms with Crippen LogP contribution in [0, 0.1) is 10.8 Å². The Labute approximate surface area is 109 Å². The number of carboxylic acids is 1. The van der Waals surface area contributed by atoms with Crippen LogP contribution in [0.25, 0.3) is 0 Å². The minimum Gasteiger partial charge on any atom is -0.481 e. The van der Waals surface area contributed by atoms with Gasteiger partial charge in [-0.2, -0.15) is 0 Å². The zero-order chi connectivity index (χ0) is 14.4. The lowest BCUT2D eigenvalue weighted by molar-refractivity contribution is -0.149. The summed E-state index contributed by atoms with van der Waals surface area (Å²) < 4.78 is 0. The first-order valence-electron chi connectivity index (χ1n) is 6.22. The molecule has 5 nitrogen and oxygen atoms in total. The van der Waals surface area contributed by atoms with Gasteiger partial charge in [-0.05, 0) is 32.1 Å². The van der Waals surface area contributed by atoms with E-state index in [1.54, 1.807) is 0 Å². The second kappa shape index (κ2) is 6.73. The summed E-state index contributed by atoms with van der Waals surface area (Å²) in [7, 11) is 0. The van der Waals surface area contributed by atoms with Crippen molar-refractivity contribution < 1.29 is 19.8 Å². The number of aliphatic hydroxyl groups is 1. The van der Waals surface area contributed by atoms with Gasteiger partial charge in [0, 0.05) is 19.6 Å². The molecule has 3 N–H and O–H groups in total. The molecule has 1 amide bonds. The molecule has 0 spiro atoms. The Hall–Kier alpha value is -1.10. The standard InChI is InChI=1S/C13H25NO4/c1-12(2,6-5-7-15)9-14-10(16)8-13(3,4)11(17)18/h15H,5-9H2,1-4H3,(H,14,16)(H,17,18). The van der Waals surface area contributed by atoms with E-state index in [0.29, 0.717) is 13.0 Å². The van der Waals surface area contributed by atoms with E-state index in [4.69, 9.17) is 10.2 Å². The molecule has 0 fully saturated rings. The number of carbonyl (C=O) groups is 2. The number of carboxylic acid groups (broad SMARTS) is 1. The number of rotatable bonds is 8. The van der Waals surface area contributed by atoms with Crippen LogP contribution in [-0.4, -0.2) is 35.2 Å². The minimum absolute atomic E-state index is 0.0294. The SMILES string of the molecule is CC(C)(CCCO)CNC(=O)CC(C)(C)C(=O)O. The summed E-state index contributed by atoms with van der Waals surface area (Å²) in [6, 6.07) is 0. The summed E-state index contributed by atoms with van der Waals surface area (Å²) in [5.41, 5.74) is -1.13. The van der Waals surface area contributed by atoms with Crippen LogP contribution in [0.3, 0.4) is 0 Å².